The number of aromatic hydroxyl groups is 1. The van der Waals surface area contributed by atoms with Gasteiger partial charge < -0.3 is 19.7 Å². The van der Waals surface area contributed by atoms with Crippen molar-refractivity contribution in [3.05, 3.63) is 53.6 Å². The number of ether oxygens (including phenoxy) is 2. The maximum Gasteiger partial charge on any atom is 0.311 e. The van der Waals surface area contributed by atoms with Crippen LogP contribution in [0.5, 0.6) is 17.2 Å². The Labute approximate surface area is 128 Å². The summed E-state index contributed by atoms with van der Waals surface area (Å²) in [4.78, 5) is 11.7. The van der Waals surface area contributed by atoms with Gasteiger partial charge in [-0.1, -0.05) is 18.2 Å². The minimum Gasteiger partial charge on any atom is -0.508 e. The van der Waals surface area contributed by atoms with Crippen LogP contribution in [0, 0.1) is 0 Å². The van der Waals surface area contributed by atoms with Gasteiger partial charge in [0.1, 0.15) is 17.2 Å². The number of benzene rings is 2. The van der Waals surface area contributed by atoms with Crippen LogP contribution in [-0.4, -0.2) is 30.4 Å². The van der Waals surface area contributed by atoms with E-state index in [-0.39, 0.29) is 12.2 Å². The lowest BCUT2D eigenvalue weighted by Gasteiger charge is -2.17. The number of phenolic OH excluding ortho intramolecular Hbond substituents is 1. The van der Waals surface area contributed by atoms with E-state index < -0.39 is 11.9 Å². The van der Waals surface area contributed by atoms with Crippen LogP contribution in [0.25, 0.3) is 0 Å². The van der Waals surface area contributed by atoms with Crippen LogP contribution >= 0.6 is 0 Å². The Hall–Kier alpha value is -2.69. The summed E-state index contributed by atoms with van der Waals surface area (Å²) in [7, 11) is 3.01. The molecule has 0 bridgehead atoms. The van der Waals surface area contributed by atoms with Gasteiger partial charge in [0.15, 0.2) is 0 Å². The second kappa shape index (κ2) is 6.85. The van der Waals surface area contributed by atoms with Crippen molar-refractivity contribution in [1.29, 1.82) is 0 Å². The Bertz CT molecular complexity index is 666. The Balaban J connectivity index is 2.44. The molecule has 1 unspecified atom stereocenters. The van der Waals surface area contributed by atoms with Gasteiger partial charge in [0, 0.05) is 5.56 Å². The van der Waals surface area contributed by atoms with Gasteiger partial charge in [-0.2, -0.15) is 0 Å². The summed E-state index contributed by atoms with van der Waals surface area (Å²) in [6, 6.07) is 11.7. The zero-order chi connectivity index (χ0) is 16.1. The number of aliphatic carboxylic acids is 1. The summed E-state index contributed by atoms with van der Waals surface area (Å²) in [6.07, 6.45) is 0.158. The van der Waals surface area contributed by atoms with E-state index >= 15 is 0 Å². The number of hydrogen-bond acceptors (Lipinski definition) is 4. The molecule has 0 saturated heterocycles. The Kier molecular flexibility index (Phi) is 4.88. The molecule has 2 rings (SSSR count). The zero-order valence-corrected chi connectivity index (χ0v) is 12.4. The molecule has 2 aromatic rings. The average molecular weight is 302 g/mol. The molecule has 0 amide bonds. The van der Waals surface area contributed by atoms with Crippen LogP contribution in [0.15, 0.2) is 42.5 Å². The topological polar surface area (TPSA) is 76.0 Å². The monoisotopic (exact) mass is 302 g/mol. The summed E-state index contributed by atoms with van der Waals surface area (Å²) < 4.78 is 10.4. The number of phenols is 1. The third-order valence-electron chi connectivity index (χ3n) is 3.53. The van der Waals surface area contributed by atoms with Crippen LogP contribution in [-0.2, 0) is 11.2 Å². The van der Waals surface area contributed by atoms with Gasteiger partial charge in [0.2, 0.25) is 0 Å². The molecule has 0 heterocycles. The van der Waals surface area contributed by atoms with E-state index in [9.17, 15) is 15.0 Å². The van der Waals surface area contributed by atoms with E-state index in [0.29, 0.717) is 22.6 Å². The molecule has 0 fully saturated rings. The second-order valence-electron chi connectivity index (χ2n) is 4.83. The summed E-state index contributed by atoms with van der Waals surface area (Å²) >= 11 is 0. The molecule has 1 atom stereocenters. The van der Waals surface area contributed by atoms with Crippen LogP contribution in [0.3, 0.4) is 0 Å². The van der Waals surface area contributed by atoms with Gasteiger partial charge in [-0.15, -0.1) is 0 Å². The van der Waals surface area contributed by atoms with Gasteiger partial charge in [-0.05, 0) is 36.2 Å². The lowest BCUT2D eigenvalue weighted by molar-refractivity contribution is -0.138. The lowest BCUT2D eigenvalue weighted by atomic mass is 9.90. The van der Waals surface area contributed by atoms with Crippen molar-refractivity contribution in [3.8, 4) is 17.2 Å². The largest absolute Gasteiger partial charge is 0.508 e. The quantitative estimate of drug-likeness (QED) is 0.858. The maximum absolute atomic E-state index is 11.7. The van der Waals surface area contributed by atoms with E-state index in [1.807, 2.05) is 0 Å². The molecule has 0 aromatic heterocycles. The first-order valence-electron chi connectivity index (χ1n) is 6.78. The highest BCUT2D eigenvalue weighted by Gasteiger charge is 2.25. The number of methoxy groups -OCH3 is 2. The van der Waals surface area contributed by atoms with Gasteiger partial charge in [0.05, 0.1) is 20.1 Å². The highest BCUT2D eigenvalue weighted by molar-refractivity contribution is 5.78. The maximum atomic E-state index is 11.7. The van der Waals surface area contributed by atoms with Gasteiger partial charge in [0.25, 0.3) is 0 Å². The van der Waals surface area contributed by atoms with Crippen molar-refractivity contribution in [2.75, 3.05) is 14.2 Å². The Morgan fingerprint density at radius 1 is 1.14 bits per heavy atom. The molecule has 5 nitrogen and oxygen atoms in total. The Morgan fingerprint density at radius 2 is 1.86 bits per heavy atom. The normalized spacial score (nSPS) is 11.7. The average Bonchev–Trinajstić information content (AvgIpc) is 2.53. The van der Waals surface area contributed by atoms with E-state index in [4.69, 9.17) is 9.47 Å². The van der Waals surface area contributed by atoms with Crippen LogP contribution in [0.1, 0.15) is 17.0 Å². The van der Waals surface area contributed by atoms with Crippen LogP contribution < -0.4 is 9.47 Å². The van der Waals surface area contributed by atoms with Crippen LogP contribution in [0.2, 0.25) is 0 Å². The summed E-state index contributed by atoms with van der Waals surface area (Å²) in [5.74, 6) is -0.730. The molecule has 0 aliphatic rings. The van der Waals surface area contributed by atoms with Crippen molar-refractivity contribution in [2.45, 2.75) is 12.3 Å². The fourth-order valence-corrected chi connectivity index (χ4v) is 2.35. The second-order valence-corrected chi connectivity index (χ2v) is 4.83. The molecular weight excluding hydrogens is 284 g/mol. The molecule has 0 saturated carbocycles. The SMILES string of the molecule is COc1ccc(OC)c(C(Cc2ccccc2O)C(=O)O)c1. The molecular formula is C17H18O5. The first-order valence-corrected chi connectivity index (χ1v) is 6.78. The number of carboxylic acid groups (broad SMARTS) is 1. The highest BCUT2D eigenvalue weighted by Crippen LogP contribution is 2.34. The number of carboxylic acids is 1. The smallest absolute Gasteiger partial charge is 0.311 e. The van der Waals surface area contributed by atoms with E-state index in [2.05, 4.69) is 0 Å². The molecule has 0 aliphatic heterocycles. The molecule has 22 heavy (non-hydrogen) atoms. The molecule has 2 aromatic carbocycles. The zero-order valence-electron chi connectivity index (χ0n) is 12.4. The first kappa shape index (κ1) is 15.7. The number of carbonyl (C=O) groups is 1. The summed E-state index contributed by atoms with van der Waals surface area (Å²) in [5.41, 5.74) is 1.08. The number of hydrogen-bond donors (Lipinski definition) is 2. The minimum atomic E-state index is -0.991. The fourth-order valence-electron chi connectivity index (χ4n) is 2.35. The van der Waals surface area contributed by atoms with Gasteiger partial charge >= 0.3 is 5.97 Å². The first-order chi connectivity index (χ1) is 10.6. The van der Waals surface area contributed by atoms with Gasteiger partial charge in [-0.3, -0.25) is 4.79 Å². The standard InChI is InChI=1S/C17H18O5/c1-21-12-7-8-16(22-2)13(10-12)14(17(19)20)9-11-5-3-4-6-15(11)18/h3-8,10,14,18H,9H2,1-2H3,(H,19,20). The third kappa shape index (κ3) is 3.31. The molecule has 5 heteroatoms. The minimum absolute atomic E-state index is 0.0793. The molecule has 0 spiro atoms. The van der Waals surface area contributed by atoms with Crippen LogP contribution in [0.4, 0.5) is 0 Å². The van der Waals surface area contributed by atoms with Crippen molar-refractivity contribution in [3.63, 3.8) is 0 Å². The predicted molar refractivity (Wildman–Crippen MR) is 81.7 cm³/mol. The van der Waals surface area contributed by atoms with Crippen molar-refractivity contribution < 1.29 is 24.5 Å². The third-order valence-corrected chi connectivity index (χ3v) is 3.53. The molecule has 0 aliphatic carbocycles. The van der Waals surface area contributed by atoms with E-state index in [0.717, 1.165) is 0 Å². The molecule has 0 radical (unpaired) electrons. The molecule has 2 N–H and O–H groups in total. The number of para-hydroxylation sites is 1. The lowest BCUT2D eigenvalue weighted by Crippen LogP contribution is -2.15. The van der Waals surface area contributed by atoms with Crippen molar-refractivity contribution in [1.82, 2.24) is 0 Å². The van der Waals surface area contributed by atoms with Crippen molar-refractivity contribution in [2.24, 2.45) is 0 Å². The Morgan fingerprint density at radius 3 is 2.45 bits per heavy atom. The summed E-state index contributed by atoms with van der Waals surface area (Å²) in [6.45, 7) is 0. The fraction of sp³-hybridized carbons (Fsp3) is 0.235. The van der Waals surface area contributed by atoms with Crippen molar-refractivity contribution >= 4 is 5.97 Å². The summed E-state index contributed by atoms with van der Waals surface area (Å²) in [5, 5.41) is 19.5. The number of rotatable bonds is 6. The van der Waals surface area contributed by atoms with Gasteiger partial charge in [-0.25, -0.2) is 0 Å². The molecule has 116 valence electrons. The van der Waals surface area contributed by atoms with E-state index in [1.165, 1.54) is 20.3 Å². The predicted octanol–water partition coefficient (Wildman–Crippen LogP) is 2.82. The van der Waals surface area contributed by atoms with E-state index in [1.54, 1.807) is 36.4 Å². The highest BCUT2D eigenvalue weighted by atomic mass is 16.5.